The molecule has 1 N–H and O–H groups in total. The normalized spacial score (nSPS) is 11.1. The Kier molecular flexibility index (Phi) is 6.36. The first-order valence-corrected chi connectivity index (χ1v) is 8.19. The van der Waals surface area contributed by atoms with Crippen molar-refractivity contribution in [2.45, 2.75) is 33.4 Å². The molecule has 0 aliphatic heterocycles. The van der Waals surface area contributed by atoms with E-state index in [1.165, 1.54) is 5.56 Å². The smallest absolute Gasteiger partial charge is 0.262 e. The number of rotatable bonds is 6. The lowest BCUT2D eigenvalue weighted by Gasteiger charge is -2.08. The fourth-order valence-electron chi connectivity index (χ4n) is 2.28. The molecule has 0 saturated carbocycles. The molecule has 4 heteroatoms. The fraction of sp³-hybridized carbons (Fsp3) is 0.238. The van der Waals surface area contributed by atoms with Crippen LogP contribution in [0.15, 0.2) is 54.1 Å². The van der Waals surface area contributed by atoms with Gasteiger partial charge in [-0.2, -0.15) is 5.26 Å². The van der Waals surface area contributed by atoms with Crippen molar-refractivity contribution in [2.24, 2.45) is 0 Å². The van der Waals surface area contributed by atoms with Gasteiger partial charge < -0.3 is 10.1 Å². The van der Waals surface area contributed by atoms with Crippen molar-refractivity contribution in [3.8, 4) is 11.8 Å². The van der Waals surface area contributed by atoms with Crippen molar-refractivity contribution in [1.29, 1.82) is 5.26 Å². The molecule has 0 aliphatic rings. The Morgan fingerprint density at radius 1 is 1.24 bits per heavy atom. The molecule has 0 spiro atoms. The first-order valence-electron chi connectivity index (χ1n) is 8.19. The molecule has 25 heavy (non-hydrogen) atoms. The largest absolute Gasteiger partial charge is 0.489 e. The van der Waals surface area contributed by atoms with Crippen molar-refractivity contribution in [3.05, 3.63) is 70.8 Å². The second-order valence-corrected chi connectivity index (χ2v) is 6.14. The van der Waals surface area contributed by atoms with Gasteiger partial charge in [0.15, 0.2) is 0 Å². The number of nitrogens with one attached hydrogen (secondary N) is 1. The number of hydrogen-bond donors (Lipinski definition) is 1. The summed E-state index contributed by atoms with van der Waals surface area (Å²) in [5.74, 6) is 0.376. The molecule has 128 valence electrons. The lowest BCUT2D eigenvalue weighted by atomic mass is 10.1. The van der Waals surface area contributed by atoms with E-state index >= 15 is 0 Å². The molecule has 1 amide bonds. The maximum atomic E-state index is 11.9. The Hall–Kier alpha value is -3.06. The number of carbonyl (C=O) groups excluding carboxylic acids is 1. The summed E-state index contributed by atoms with van der Waals surface area (Å²) in [6.45, 7) is 6.25. The average molecular weight is 334 g/mol. The van der Waals surface area contributed by atoms with Gasteiger partial charge in [0.25, 0.3) is 5.91 Å². The van der Waals surface area contributed by atoms with E-state index < -0.39 is 0 Å². The van der Waals surface area contributed by atoms with E-state index in [0.29, 0.717) is 6.61 Å². The molecular weight excluding hydrogens is 312 g/mol. The van der Waals surface area contributed by atoms with Crippen LogP contribution in [0.2, 0.25) is 0 Å². The van der Waals surface area contributed by atoms with E-state index in [1.807, 2.05) is 69.3 Å². The number of nitrogens with zero attached hydrogens (tertiary/aromatic N) is 1. The maximum absolute atomic E-state index is 11.9. The van der Waals surface area contributed by atoms with Gasteiger partial charge in [0, 0.05) is 6.04 Å². The first-order chi connectivity index (χ1) is 12.0. The van der Waals surface area contributed by atoms with Crippen LogP contribution in [0.3, 0.4) is 0 Å². The van der Waals surface area contributed by atoms with Crippen molar-refractivity contribution < 1.29 is 9.53 Å². The summed E-state index contributed by atoms with van der Waals surface area (Å²) >= 11 is 0. The van der Waals surface area contributed by atoms with Crippen LogP contribution in [0.5, 0.6) is 5.75 Å². The van der Waals surface area contributed by atoms with Gasteiger partial charge >= 0.3 is 0 Å². The quantitative estimate of drug-likeness (QED) is 0.641. The molecule has 0 radical (unpaired) electrons. The highest BCUT2D eigenvalue weighted by molar-refractivity contribution is 6.01. The maximum Gasteiger partial charge on any atom is 0.262 e. The first kappa shape index (κ1) is 18.3. The number of amides is 1. The molecule has 2 aromatic carbocycles. The van der Waals surface area contributed by atoms with Gasteiger partial charge in [-0.25, -0.2) is 0 Å². The van der Waals surface area contributed by atoms with Gasteiger partial charge in [-0.15, -0.1) is 0 Å². The van der Waals surface area contributed by atoms with E-state index in [2.05, 4.69) is 11.4 Å². The van der Waals surface area contributed by atoms with Gasteiger partial charge in [-0.1, -0.05) is 42.0 Å². The highest BCUT2D eigenvalue weighted by Gasteiger charge is 2.09. The molecule has 4 nitrogen and oxygen atoms in total. The second-order valence-electron chi connectivity index (χ2n) is 6.14. The third-order valence-electron chi connectivity index (χ3n) is 3.46. The molecule has 0 heterocycles. The van der Waals surface area contributed by atoms with Crippen molar-refractivity contribution >= 4 is 12.0 Å². The minimum Gasteiger partial charge on any atom is -0.489 e. The minimum absolute atomic E-state index is 0.0124. The molecule has 0 fully saturated rings. The van der Waals surface area contributed by atoms with Gasteiger partial charge in [0.1, 0.15) is 24.0 Å². The van der Waals surface area contributed by atoms with Crippen LogP contribution in [0, 0.1) is 18.3 Å². The summed E-state index contributed by atoms with van der Waals surface area (Å²) in [7, 11) is 0. The molecule has 0 saturated heterocycles. The van der Waals surface area contributed by atoms with E-state index in [1.54, 1.807) is 6.08 Å². The highest BCUT2D eigenvalue weighted by atomic mass is 16.5. The Labute approximate surface area is 148 Å². The van der Waals surface area contributed by atoms with E-state index in [9.17, 15) is 4.79 Å². The van der Waals surface area contributed by atoms with Crippen LogP contribution in [-0.4, -0.2) is 11.9 Å². The zero-order chi connectivity index (χ0) is 18.2. The van der Waals surface area contributed by atoms with E-state index in [-0.39, 0.29) is 17.5 Å². The van der Waals surface area contributed by atoms with Gasteiger partial charge in [0.2, 0.25) is 0 Å². The number of hydrogen-bond acceptors (Lipinski definition) is 3. The Morgan fingerprint density at radius 2 is 1.96 bits per heavy atom. The zero-order valence-electron chi connectivity index (χ0n) is 14.7. The van der Waals surface area contributed by atoms with Crippen LogP contribution in [0.4, 0.5) is 0 Å². The summed E-state index contributed by atoms with van der Waals surface area (Å²) in [4.78, 5) is 11.9. The number of nitriles is 1. The second kappa shape index (κ2) is 8.70. The van der Waals surface area contributed by atoms with E-state index in [4.69, 9.17) is 10.00 Å². The monoisotopic (exact) mass is 334 g/mol. The standard InChI is InChI=1S/C21H22N2O2/c1-15(2)23-21(24)19(13-22)12-17-7-9-20(10-8-17)25-14-18-6-4-5-16(3)11-18/h4-12,15H,14H2,1-3H3,(H,23,24)/b19-12+. The van der Waals surface area contributed by atoms with Crippen LogP contribution in [0.1, 0.15) is 30.5 Å². The number of carbonyl (C=O) groups is 1. The molecule has 0 bridgehead atoms. The Bertz CT molecular complexity index is 799. The number of ether oxygens (including phenoxy) is 1. The minimum atomic E-state index is -0.364. The summed E-state index contributed by atoms with van der Waals surface area (Å²) in [6.07, 6.45) is 1.57. The summed E-state index contributed by atoms with van der Waals surface area (Å²) in [5.41, 5.74) is 3.17. The SMILES string of the molecule is Cc1cccc(COc2ccc(/C=C(\C#N)C(=O)NC(C)C)cc2)c1. The summed E-state index contributed by atoms with van der Waals surface area (Å²) < 4.78 is 5.77. The van der Waals surface area contributed by atoms with Crippen LogP contribution >= 0.6 is 0 Å². The topological polar surface area (TPSA) is 62.1 Å². The molecule has 2 rings (SSSR count). The molecule has 0 aromatic heterocycles. The van der Waals surface area contributed by atoms with Crippen LogP contribution in [0.25, 0.3) is 6.08 Å². The number of benzene rings is 2. The molecular formula is C21H22N2O2. The van der Waals surface area contributed by atoms with Crippen molar-refractivity contribution in [3.63, 3.8) is 0 Å². The summed E-state index contributed by atoms with van der Waals surface area (Å²) in [5, 5.41) is 11.9. The molecule has 0 unspecified atom stereocenters. The number of aryl methyl sites for hydroxylation is 1. The van der Waals surface area contributed by atoms with Crippen molar-refractivity contribution in [1.82, 2.24) is 5.32 Å². The Balaban J connectivity index is 2.02. The van der Waals surface area contributed by atoms with Crippen molar-refractivity contribution in [2.75, 3.05) is 0 Å². The predicted molar refractivity (Wildman–Crippen MR) is 98.8 cm³/mol. The summed E-state index contributed by atoms with van der Waals surface area (Å²) in [6, 6.07) is 17.4. The zero-order valence-corrected chi connectivity index (χ0v) is 14.7. The lowest BCUT2D eigenvalue weighted by Crippen LogP contribution is -2.30. The Morgan fingerprint density at radius 3 is 2.56 bits per heavy atom. The average Bonchev–Trinajstić information content (AvgIpc) is 2.58. The van der Waals surface area contributed by atoms with E-state index in [0.717, 1.165) is 16.9 Å². The highest BCUT2D eigenvalue weighted by Crippen LogP contribution is 2.16. The van der Waals surface area contributed by atoms with Crippen LogP contribution < -0.4 is 10.1 Å². The third kappa shape index (κ3) is 5.82. The lowest BCUT2D eigenvalue weighted by molar-refractivity contribution is -0.117. The predicted octanol–water partition coefficient (Wildman–Crippen LogP) is 4.01. The van der Waals surface area contributed by atoms with Gasteiger partial charge in [0.05, 0.1) is 0 Å². The fourth-order valence-corrected chi connectivity index (χ4v) is 2.28. The molecule has 2 aromatic rings. The van der Waals surface area contributed by atoms with Gasteiger partial charge in [-0.05, 0) is 50.1 Å². The molecule has 0 atom stereocenters. The van der Waals surface area contributed by atoms with Crippen LogP contribution in [-0.2, 0) is 11.4 Å². The van der Waals surface area contributed by atoms with Gasteiger partial charge in [-0.3, -0.25) is 4.79 Å². The molecule has 0 aliphatic carbocycles. The third-order valence-corrected chi connectivity index (χ3v) is 3.46.